The van der Waals surface area contributed by atoms with Gasteiger partial charge in [0.15, 0.2) is 5.60 Å². The van der Waals surface area contributed by atoms with Crippen molar-refractivity contribution in [1.82, 2.24) is 4.90 Å². The number of hydrogen-bond donors (Lipinski definition) is 1. The fraction of sp³-hybridized carbons (Fsp3) is 0.519. The molecule has 1 saturated heterocycles. The molecule has 0 spiro atoms. The number of nitrogens with zero attached hydrogens (tertiary/aromatic N) is 1. The summed E-state index contributed by atoms with van der Waals surface area (Å²) in [6.07, 6.45) is 2.07. The number of piperidine rings is 1. The van der Waals surface area contributed by atoms with E-state index < -0.39 is 17.3 Å². The number of rotatable bonds is 6. The lowest BCUT2D eigenvalue weighted by molar-refractivity contribution is -0.163. The molecule has 0 bridgehead atoms. The molecular weight excluding hydrogens is 443 g/mol. The van der Waals surface area contributed by atoms with Gasteiger partial charge >= 0.3 is 6.18 Å². The van der Waals surface area contributed by atoms with E-state index in [1.54, 1.807) is 4.90 Å². The SMILES string of the molecule is O=C(N1CCCC(COc2ccc(C(F)(F)F)cc2)C1)C(O)(c1ccccc1)C1CCCCC1. The molecule has 1 saturated carbocycles. The summed E-state index contributed by atoms with van der Waals surface area (Å²) in [6.45, 7) is 1.35. The van der Waals surface area contributed by atoms with Gasteiger partial charge in [-0.25, -0.2) is 0 Å². The molecule has 1 N–H and O–H groups in total. The minimum Gasteiger partial charge on any atom is -0.493 e. The number of halogens is 3. The summed E-state index contributed by atoms with van der Waals surface area (Å²) in [5, 5.41) is 11.9. The summed E-state index contributed by atoms with van der Waals surface area (Å²) < 4.78 is 44.1. The second-order valence-electron chi connectivity index (χ2n) is 9.56. The predicted molar refractivity (Wildman–Crippen MR) is 123 cm³/mol. The Kier molecular flexibility index (Phi) is 7.51. The van der Waals surface area contributed by atoms with E-state index in [4.69, 9.17) is 4.74 Å². The first-order valence-corrected chi connectivity index (χ1v) is 12.2. The van der Waals surface area contributed by atoms with Crippen LogP contribution in [0.5, 0.6) is 5.75 Å². The van der Waals surface area contributed by atoms with Crippen molar-refractivity contribution >= 4 is 5.91 Å². The summed E-state index contributed by atoms with van der Waals surface area (Å²) >= 11 is 0. The number of alkyl halides is 3. The summed E-state index contributed by atoms with van der Waals surface area (Å²) in [5.74, 6) is 0.0653. The lowest BCUT2D eigenvalue weighted by Gasteiger charge is -2.43. The van der Waals surface area contributed by atoms with Gasteiger partial charge in [0.2, 0.25) is 0 Å². The van der Waals surface area contributed by atoms with Crippen molar-refractivity contribution < 1.29 is 27.8 Å². The topological polar surface area (TPSA) is 49.8 Å². The highest BCUT2D eigenvalue weighted by molar-refractivity contribution is 5.87. The Bertz CT molecular complexity index is 942. The normalized spacial score (nSPS) is 21.6. The molecule has 1 heterocycles. The van der Waals surface area contributed by atoms with Crippen molar-refractivity contribution in [1.29, 1.82) is 0 Å². The Morgan fingerprint density at radius 2 is 1.59 bits per heavy atom. The lowest BCUT2D eigenvalue weighted by atomic mass is 9.72. The van der Waals surface area contributed by atoms with E-state index >= 15 is 0 Å². The third kappa shape index (κ3) is 5.40. The average molecular weight is 476 g/mol. The number of benzene rings is 2. The number of aliphatic hydroxyl groups is 1. The third-order valence-corrected chi connectivity index (χ3v) is 7.21. The Balaban J connectivity index is 1.44. The van der Waals surface area contributed by atoms with Crippen LogP contribution < -0.4 is 4.74 Å². The molecule has 2 aliphatic rings. The van der Waals surface area contributed by atoms with Gasteiger partial charge in [-0.3, -0.25) is 4.79 Å². The molecule has 34 heavy (non-hydrogen) atoms. The van der Waals surface area contributed by atoms with E-state index in [-0.39, 0.29) is 17.7 Å². The van der Waals surface area contributed by atoms with Gasteiger partial charge in [-0.2, -0.15) is 13.2 Å². The maximum absolute atomic E-state index is 13.8. The smallest absolute Gasteiger partial charge is 0.416 e. The molecule has 0 aromatic heterocycles. The van der Waals surface area contributed by atoms with Gasteiger partial charge < -0.3 is 14.7 Å². The molecule has 4 rings (SSSR count). The largest absolute Gasteiger partial charge is 0.493 e. The first-order valence-electron chi connectivity index (χ1n) is 12.2. The molecule has 2 aromatic carbocycles. The zero-order chi connectivity index (χ0) is 24.2. The van der Waals surface area contributed by atoms with Crippen molar-refractivity contribution in [3.8, 4) is 5.75 Å². The number of carbonyl (C=O) groups is 1. The van der Waals surface area contributed by atoms with Crippen molar-refractivity contribution in [2.24, 2.45) is 11.8 Å². The van der Waals surface area contributed by atoms with Crippen LogP contribution in [0.4, 0.5) is 13.2 Å². The van der Waals surface area contributed by atoms with Crippen LogP contribution in [-0.4, -0.2) is 35.6 Å². The van der Waals surface area contributed by atoms with Crippen LogP contribution in [0.1, 0.15) is 56.1 Å². The van der Waals surface area contributed by atoms with Gasteiger partial charge in [0.05, 0.1) is 12.2 Å². The van der Waals surface area contributed by atoms with Crippen LogP contribution in [0.25, 0.3) is 0 Å². The van der Waals surface area contributed by atoms with Crippen LogP contribution in [0, 0.1) is 11.8 Å². The zero-order valence-corrected chi connectivity index (χ0v) is 19.3. The molecule has 2 aromatic rings. The predicted octanol–water partition coefficient (Wildman–Crippen LogP) is 5.79. The summed E-state index contributed by atoms with van der Waals surface area (Å²) in [6, 6.07) is 13.9. The first kappa shape index (κ1) is 24.6. The van der Waals surface area contributed by atoms with E-state index in [1.165, 1.54) is 12.1 Å². The van der Waals surface area contributed by atoms with Gasteiger partial charge in [0.1, 0.15) is 5.75 Å². The summed E-state index contributed by atoms with van der Waals surface area (Å²) in [7, 11) is 0. The van der Waals surface area contributed by atoms with Gasteiger partial charge in [-0.05, 0) is 55.5 Å². The molecule has 1 amide bonds. The van der Waals surface area contributed by atoms with Crippen LogP contribution >= 0.6 is 0 Å². The Labute approximate surface area is 198 Å². The van der Waals surface area contributed by atoms with Gasteiger partial charge in [-0.1, -0.05) is 49.6 Å². The van der Waals surface area contributed by atoms with Gasteiger partial charge in [-0.15, -0.1) is 0 Å². The van der Waals surface area contributed by atoms with Crippen molar-refractivity contribution in [3.63, 3.8) is 0 Å². The Morgan fingerprint density at radius 3 is 2.24 bits per heavy atom. The molecule has 0 radical (unpaired) electrons. The fourth-order valence-corrected chi connectivity index (χ4v) is 5.33. The van der Waals surface area contributed by atoms with Crippen molar-refractivity contribution in [2.45, 2.75) is 56.7 Å². The van der Waals surface area contributed by atoms with Crippen molar-refractivity contribution in [3.05, 3.63) is 65.7 Å². The molecule has 184 valence electrons. The van der Waals surface area contributed by atoms with Crippen LogP contribution in [0.2, 0.25) is 0 Å². The monoisotopic (exact) mass is 475 g/mol. The van der Waals surface area contributed by atoms with Crippen LogP contribution in [0.15, 0.2) is 54.6 Å². The highest BCUT2D eigenvalue weighted by Crippen LogP contribution is 2.41. The van der Waals surface area contributed by atoms with Crippen LogP contribution in [-0.2, 0) is 16.6 Å². The van der Waals surface area contributed by atoms with E-state index in [0.717, 1.165) is 57.1 Å². The molecule has 1 aliphatic heterocycles. The molecule has 2 unspecified atom stereocenters. The number of ether oxygens (including phenoxy) is 1. The molecule has 2 fully saturated rings. The highest BCUT2D eigenvalue weighted by Gasteiger charge is 2.48. The Morgan fingerprint density at radius 1 is 0.912 bits per heavy atom. The zero-order valence-electron chi connectivity index (χ0n) is 19.3. The fourth-order valence-electron chi connectivity index (χ4n) is 5.33. The van der Waals surface area contributed by atoms with E-state index in [1.807, 2.05) is 30.3 Å². The second kappa shape index (κ2) is 10.4. The highest BCUT2D eigenvalue weighted by atomic mass is 19.4. The molecule has 1 aliphatic carbocycles. The number of hydrogen-bond acceptors (Lipinski definition) is 3. The molecular formula is C27H32F3NO3. The minimum atomic E-state index is -4.38. The second-order valence-corrected chi connectivity index (χ2v) is 9.56. The molecule has 4 nitrogen and oxygen atoms in total. The quantitative estimate of drug-likeness (QED) is 0.575. The van der Waals surface area contributed by atoms with Crippen LogP contribution in [0.3, 0.4) is 0 Å². The van der Waals surface area contributed by atoms with E-state index in [2.05, 4.69) is 0 Å². The number of likely N-dealkylation sites (tertiary alicyclic amines) is 1. The van der Waals surface area contributed by atoms with E-state index in [0.29, 0.717) is 31.0 Å². The Hall–Kier alpha value is -2.54. The standard InChI is InChI=1S/C27H32F3NO3/c28-27(29,30)23-13-15-24(16-14-23)34-19-20-8-7-17-31(18-20)25(32)26(33,21-9-3-1-4-10-21)22-11-5-2-6-12-22/h1,3-4,9-10,13-16,20,22,33H,2,5-8,11-12,17-19H2. The summed E-state index contributed by atoms with van der Waals surface area (Å²) in [4.78, 5) is 15.6. The maximum Gasteiger partial charge on any atom is 0.416 e. The molecule has 7 heteroatoms. The van der Waals surface area contributed by atoms with Crippen molar-refractivity contribution in [2.75, 3.05) is 19.7 Å². The molecule has 2 atom stereocenters. The minimum absolute atomic E-state index is 0.0476. The van der Waals surface area contributed by atoms with Gasteiger partial charge in [0.25, 0.3) is 5.91 Å². The third-order valence-electron chi connectivity index (χ3n) is 7.21. The van der Waals surface area contributed by atoms with Gasteiger partial charge in [0, 0.05) is 24.9 Å². The number of amides is 1. The van der Waals surface area contributed by atoms with E-state index in [9.17, 15) is 23.1 Å². The maximum atomic E-state index is 13.8. The lowest BCUT2D eigenvalue weighted by Crippen LogP contribution is -2.54. The number of carbonyl (C=O) groups excluding carboxylic acids is 1. The first-order chi connectivity index (χ1) is 16.3. The average Bonchev–Trinajstić information content (AvgIpc) is 2.87. The summed E-state index contributed by atoms with van der Waals surface area (Å²) in [5.41, 5.74) is -1.61.